The lowest BCUT2D eigenvalue weighted by molar-refractivity contribution is -0.127. The van der Waals surface area contributed by atoms with Crippen LogP contribution in [-0.2, 0) is 9.59 Å². The lowest BCUT2D eigenvalue weighted by atomic mass is 10.1. The van der Waals surface area contributed by atoms with Crippen molar-refractivity contribution in [3.63, 3.8) is 0 Å². The Morgan fingerprint density at radius 1 is 1.75 bits per heavy atom. The topological polar surface area (TPSA) is 78.4 Å². The molecule has 1 fully saturated rings. The summed E-state index contributed by atoms with van der Waals surface area (Å²) in [6.45, 7) is 2.31. The van der Waals surface area contributed by atoms with Crippen LogP contribution < -0.4 is 10.6 Å². The van der Waals surface area contributed by atoms with Crippen molar-refractivity contribution in [1.29, 1.82) is 0 Å². The Bertz CT molecular complexity index is 269. The normalized spacial score (nSPS) is 23.7. The third-order valence-electron chi connectivity index (χ3n) is 2.76. The minimum Gasteiger partial charge on any atom is -0.395 e. The number of carbonyl (C=O) groups excluding carboxylic acids is 2. The predicted molar refractivity (Wildman–Crippen MR) is 63.1 cm³/mol. The molecular weight excluding hydrogens is 228 g/mol. The van der Waals surface area contributed by atoms with Crippen molar-refractivity contribution in [2.24, 2.45) is 5.92 Å². The van der Waals surface area contributed by atoms with Gasteiger partial charge in [-0.05, 0) is 13.2 Å². The maximum atomic E-state index is 11.7. The number of rotatable bonds is 5. The second-order valence-electron chi connectivity index (χ2n) is 3.96. The summed E-state index contributed by atoms with van der Waals surface area (Å²) in [6, 6.07) is -0.0943. The standard InChI is InChI=1S/C10H18N2O3S/c1-6(8(5-13)16-2)12-10(15)7-3-9(14)11-4-7/h6-8,13H,3-5H2,1-2H3,(H,11,14)(H,12,15). The summed E-state index contributed by atoms with van der Waals surface area (Å²) < 4.78 is 0. The van der Waals surface area contributed by atoms with Gasteiger partial charge in [-0.1, -0.05) is 0 Å². The minimum absolute atomic E-state index is 0.00554. The molecule has 0 aliphatic carbocycles. The third kappa shape index (κ3) is 3.38. The summed E-state index contributed by atoms with van der Waals surface area (Å²) >= 11 is 1.52. The number of thioether (sulfide) groups is 1. The number of carbonyl (C=O) groups is 2. The fourth-order valence-corrected chi connectivity index (χ4v) is 2.29. The highest BCUT2D eigenvalue weighted by Gasteiger charge is 2.29. The summed E-state index contributed by atoms with van der Waals surface area (Å²) in [4.78, 5) is 22.7. The Labute approximate surface area is 99.4 Å². The Kier molecular flexibility index (Phi) is 5.08. The highest BCUT2D eigenvalue weighted by molar-refractivity contribution is 7.99. The summed E-state index contributed by atoms with van der Waals surface area (Å²) in [5, 5.41) is 14.5. The molecule has 1 aliphatic rings. The van der Waals surface area contributed by atoms with Gasteiger partial charge in [-0.15, -0.1) is 0 Å². The molecule has 0 aromatic carbocycles. The lowest BCUT2D eigenvalue weighted by Crippen LogP contribution is -2.44. The van der Waals surface area contributed by atoms with Crippen molar-refractivity contribution >= 4 is 23.6 Å². The van der Waals surface area contributed by atoms with E-state index < -0.39 is 0 Å². The molecule has 3 unspecified atom stereocenters. The van der Waals surface area contributed by atoms with E-state index in [1.165, 1.54) is 11.8 Å². The van der Waals surface area contributed by atoms with Gasteiger partial charge < -0.3 is 15.7 Å². The van der Waals surface area contributed by atoms with Crippen LogP contribution in [0, 0.1) is 5.92 Å². The van der Waals surface area contributed by atoms with Crippen LogP contribution in [0.25, 0.3) is 0 Å². The zero-order chi connectivity index (χ0) is 12.1. The molecule has 0 radical (unpaired) electrons. The van der Waals surface area contributed by atoms with Crippen molar-refractivity contribution in [2.75, 3.05) is 19.4 Å². The molecule has 0 aromatic rings. The van der Waals surface area contributed by atoms with E-state index in [4.69, 9.17) is 5.11 Å². The third-order valence-corrected chi connectivity index (χ3v) is 3.92. The van der Waals surface area contributed by atoms with E-state index in [2.05, 4.69) is 10.6 Å². The molecular formula is C10H18N2O3S. The number of hydrogen-bond acceptors (Lipinski definition) is 4. The van der Waals surface area contributed by atoms with E-state index in [9.17, 15) is 9.59 Å². The average Bonchev–Trinajstić information content (AvgIpc) is 2.66. The molecule has 1 heterocycles. The average molecular weight is 246 g/mol. The van der Waals surface area contributed by atoms with Gasteiger partial charge in [0.25, 0.3) is 0 Å². The van der Waals surface area contributed by atoms with Crippen molar-refractivity contribution < 1.29 is 14.7 Å². The first-order valence-electron chi connectivity index (χ1n) is 5.29. The van der Waals surface area contributed by atoms with Crippen LogP contribution in [0.2, 0.25) is 0 Å². The Morgan fingerprint density at radius 2 is 2.44 bits per heavy atom. The number of nitrogens with one attached hydrogen (secondary N) is 2. The monoisotopic (exact) mass is 246 g/mol. The zero-order valence-electron chi connectivity index (χ0n) is 9.53. The Hall–Kier alpha value is -0.750. The second kappa shape index (κ2) is 6.10. The van der Waals surface area contributed by atoms with Gasteiger partial charge in [0.05, 0.1) is 12.5 Å². The number of amides is 2. The molecule has 1 saturated heterocycles. The molecule has 0 spiro atoms. The summed E-state index contributed by atoms with van der Waals surface area (Å²) in [5.74, 6) is -0.453. The van der Waals surface area contributed by atoms with E-state index >= 15 is 0 Å². The largest absolute Gasteiger partial charge is 0.395 e. The lowest BCUT2D eigenvalue weighted by Gasteiger charge is -2.22. The van der Waals surface area contributed by atoms with Crippen molar-refractivity contribution in [2.45, 2.75) is 24.6 Å². The summed E-state index contributed by atoms with van der Waals surface area (Å²) in [6.07, 6.45) is 2.16. The van der Waals surface area contributed by atoms with E-state index in [0.717, 1.165) is 0 Å². The van der Waals surface area contributed by atoms with Gasteiger partial charge in [-0.2, -0.15) is 11.8 Å². The van der Waals surface area contributed by atoms with Crippen molar-refractivity contribution in [3.05, 3.63) is 0 Å². The van der Waals surface area contributed by atoms with Crippen molar-refractivity contribution in [3.8, 4) is 0 Å². The van der Waals surface area contributed by atoms with Crippen LogP contribution in [0.1, 0.15) is 13.3 Å². The molecule has 6 heteroatoms. The van der Waals surface area contributed by atoms with E-state index in [1.54, 1.807) is 0 Å². The molecule has 2 amide bonds. The van der Waals surface area contributed by atoms with E-state index in [-0.39, 0.29) is 42.1 Å². The molecule has 0 saturated carbocycles. The van der Waals surface area contributed by atoms with Crippen LogP contribution in [0.4, 0.5) is 0 Å². The zero-order valence-corrected chi connectivity index (χ0v) is 10.3. The van der Waals surface area contributed by atoms with Gasteiger partial charge in [0.2, 0.25) is 11.8 Å². The highest BCUT2D eigenvalue weighted by Crippen LogP contribution is 2.13. The fourth-order valence-electron chi connectivity index (χ4n) is 1.66. The molecule has 3 atom stereocenters. The van der Waals surface area contributed by atoms with Crippen molar-refractivity contribution in [1.82, 2.24) is 10.6 Å². The van der Waals surface area contributed by atoms with Crippen LogP contribution in [0.5, 0.6) is 0 Å². The number of aliphatic hydroxyl groups is 1. The number of aliphatic hydroxyl groups excluding tert-OH is 1. The van der Waals surface area contributed by atoms with Gasteiger partial charge in [0, 0.05) is 24.3 Å². The molecule has 0 aromatic heterocycles. The van der Waals surface area contributed by atoms with Gasteiger partial charge in [0.1, 0.15) is 0 Å². The first-order valence-corrected chi connectivity index (χ1v) is 6.58. The van der Waals surface area contributed by atoms with Crippen LogP contribution >= 0.6 is 11.8 Å². The maximum absolute atomic E-state index is 11.7. The van der Waals surface area contributed by atoms with Crippen LogP contribution in [0.3, 0.4) is 0 Å². The summed E-state index contributed by atoms with van der Waals surface area (Å²) in [5.41, 5.74) is 0. The smallest absolute Gasteiger partial charge is 0.225 e. The van der Waals surface area contributed by atoms with Crippen LogP contribution in [-0.4, -0.2) is 47.6 Å². The minimum atomic E-state index is -0.267. The predicted octanol–water partition coefficient (Wildman–Crippen LogP) is -0.649. The van der Waals surface area contributed by atoms with Gasteiger partial charge >= 0.3 is 0 Å². The Balaban J connectivity index is 2.41. The second-order valence-corrected chi connectivity index (χ2v) is 5.04. The van der Waals surface area contributed by atoms with E-state index in [1.807, 2.05) is 13.2 Å². The summed E-state index contributed by atoms with van der Waals surface area (Å²) in [7, 11) is 0. The number of hydrogen-bond donors (Lipinski definition) is 3. The van der Waals surface area contributed by atoms with E-state index in [0.29, 0.717) is 6.54 Å². The van der Waals surface area contributed by atoms with Crippen LogP contribution in [0.15, 0.2) is 0 Å². The molecule has 1 rings (SSSR count). The SMILES string of the molecule is CSC(CO)C(C)NC(=O)C1CNC(=O)C1. The fraction of sp³-hybridized carbons (Fsp3) is 0.800. The molecule has 1 aliphatic heterocycles. The maximum Gasteiger partial charge on any atom is 0.225 e. The molecule has 92 valence electrons. The molecule has 3 N–H and O–H groups in total. The quantitative estimate of drug-likeness (QED) is 0.602. The molecule has 16 heavy (non-hydrogen) atoms. The Morgan fingerprint density at radius 3 is 2.88 bits per heavy atom. The van der Waals surface area contributed by atoms with Gasteiger partial charge in [-0.25, -0.2) is 0 Å². The first-order chi connectivity index (χ1) is 7.58. The van der Waals surface area contributed by atoms with Gasteiger partial charge in [0.15, 0.2) is 0 Å². The molecule has 5 nitrogen and oxygen atoms in total. The molecule has 0 bridgehead atoms. The highest BCUT2D eigenvalue weighted by atomic mass is 32.2. The first kappa shape index (κ1) is 13.3. The van der Waals surface area contributed by atoms with Gasteiger partial charge in [-0.3, -0.25) is 9.59 Å².